The predicted molar refractivity (Wildman–Crippen MR) is 69.1 cm³/mol. The number of nitrogens with two attached hydrogens (primary N) is 1. The van der Waals surface area contributed by atoms with Crippen molar-refractivity contribution in [3.8, 4) is 0 Å². The molecule has 0 heterocycles. The number of ether oxygens (including phenoxy) is 1. The fourth-order valence-electron chi connectivity index (χ4n) is 1.38. The zero-order chi connectivity index (χ0) is 12.9. The summed E-state index contributed by atoms with van der Waals surface area (Å²) in [5, 5.41) is 0. The monoisotopic (exact) mass is 236 g/mol. The summed E-state index contributed by atoms with van der Waals surface area (Å²) in [5.41, 5.74) is 5.82. The van der Waals surface area contributed by atoms with Crippen molar-refractivity contribution in [1.29, 1.82) is 0 Å². The highest BCUT2D eigenvalue weighted by Crippen LogP contribution is 2.17. The van der Waals surface area contributed by atoms with Crippen molar-refractivity contribution in [2.45, 2.75) is 26.4 Å². The van der Waals surface area contributed by atoms with Crippen LogP contribution in [-0.4, -0.2) is 24.8 Å². The average molecular weight is 236 g/mol. The Morgan fingerprint density at radius 1 is 1.29 bits per heavy atom. The molecule has 0 saturated heterocycles. The molecule has 0 aromatic heterocycles. The third kappa shape index (κ3) is 4.44. The van der Waals surface area contributed by atoms with Crippen molar-refractivity contribution in [3.05, 3.63) is 30.3 Å². The lowest BCUT2D eigenvalue weighted by atomic mass is 10.2. The van der Waals surface area contributed by atoms with Gasteiger partial charge in [-0.25, -0.2) is 4.79 Å². The Morgan fingerprint density at radius 3 is 2.35 bits per heavy atom. The summed E-state index contributed by atoms with van der Waals surface area (Å²) < 4.78 is 5.34. The van der Waals surface area contributed by atoms with E-state index >= 15 is 0 Å². The molecular formula is C13H20N2O2. The summed E-state index contributed by atoms with van der Waals surface area (Å²) in [6.45, 7) is 6.37. The Morgan fingerprint density at radius 2 is 1.88 bits per heavy atom. The molecule has 2 N–H and O–H groups in total. The van der Waals surface area contributed by atoms with E-state index in [1.165, 1.54) is 0 Å². The van der Waals surface area contributed by atoms with Gasteiger partial charge in [0.25, 0.3) is 0 Å². The predicted octanol–water partition coefficient (Wildman–Crippen LogP) is 2.39. The number of anilines is 1. The smallest absolute Gasteiger partial charge is 0.414 e. The number of hydrogen-bond acceptors (Lipinski definition) is 3. The van der Waals surface area contributed by atoms with Crippen molar-refractivity contribution in [2.24, 2.45) is 5.73 Å². The van der Waals surface area contributed by atoms with Gasteiger partial charge in [-0.15, -0.1) is 0 Å². The maximum Gasteiger partial charge on any atom is 0.414 e. The second-order valence-electron chi connectivity index (χ2n) is 4.76. The molecule has 1 amide bonds. The molecule has 1 aromatic carbocycles. The minimum absolute atomic E-state index is 0.367. The average Bonchev–Trinajstić information content (AvgIpc) is 2.24. The van der Waals surface area contributed by atoms with Crippen LogP contribution < -0.4 is 10.6 Å². The number of hydrogen-bond donors (Lipinski definition) is 1. The molecule has 1 rings (SSSR count). The maximum absolute atomic E-state index is 12.0. The molecule has 0 saturated carbocycles. The van der Waals surface area contributed by atoms with Gasteiger partial charge in [0.05, 0.1) is 0 Å². The van der Waals surface area contributed by atoms with Gasteiger partial charge in [-0.05, 0) is 32.9 Å². The summed E-state index contributed by atoms with van der Waals surface area (Å²) in [4.78, 5) is 13.5. The van der Waals surface area contributed by atoms with Crippen molar-refractivity contribution < 1.29 is 9.53 Å². The number of rotatable bonds is 3. The molecule has 4 nitrogen and oxygen atoms in total. The standard InChI is InChI=1S/C13H20N2O2/c1-13(2,3)17-12(16)15(10-9-14)11-7-5-4-6-8-11/h4-8H,9-10,14H2,1-3H3. The molecular weight excluding hydrogens is 216 g/mol. The van der Waals surface area contributed by atoms with Gasteiger partial charge in [-0.1, -0.05) is 18.2 Å². The first-order valence-corrected chi connectivity index (χ1v) is 5.69. The summed E-state index contributed by atoms with van der Waals surface area (Å²) in [5.74, 6) is 0. The third-order valence-corrected chi connectivity index (χ3v) is 2.03. The first kappa shape index (κ1) is 13.5. The van der Waals surface area contributed by atoms with Gasteiger partial charge >= 0.3 is 6.09 Å². The number of benzene rings is 1. The van der Waals surface area contributed by atoms with Gasteiger partial charge in [0.1, 0.15) is 5.60 Å². The Kier molecular flexibility index (Phi) is 4.52. The molecule has 1 aromatic rings. The van der Waals surface area contributed by atoms with Gasteiger partial charge in [0, 0.05) is 18.8 Å². The van der Waals surface area contributed by atoms with E-state index in [1.807, 2.05) is 51.1 Å². The summed E-state index contributed by atoms with van der Waals surface area (Å²) in [7, 11) is 0. The Labute approximate surface area is 102 Å². The van der Waals surface area contributed by atoms with E-state index in [0.717, 1.165) is 5.69 Å². The molecule has 17 heavy (non-hydrogen) atoms. The van der Waals surface area contributed by atoms with E-state index < -0.39 is 5.60 Å². The van der Waals surface area contributed by atoms with E-state index in [1.54, 1.807) is 4.90 Å². The van der Waals surface area contributed by atoms with Gasteiger partial charge < -0.3 is 10.5 Å². The first-order chi connectivity index (χ1) is 7.94. The Hall–Kier alpha value is -1.55. The van der Waals surface area contributed by atoms with Crippen LogP contribution in [0.15, 0.2) is 30.3 Å². The zero-order valence-corrected chi connectivity index (χ0v) is 10.6. The van der Waals surface area contributed by atoms with Gasteiger partial charge in [-0.3, -0.25) is 4.90 Å². The molecule has 0 atom stereocenters. The molecule has 4 heteroatoms. The van der Waals surface area contributed by atoms with E-state index in [4.69, 9.17) is 10.5 Å². The molecule has 94 valence electrons. The van der Waals surface area contributed by atoms with Crippen LogP contribution >= 0.6 is 0 Å². The first-order valence-electron chi connectivity index (χ1n) is 5.69. The van der Waals surface area contributed by atoms with Crippen LogP contribution in [0.25, 0.3) is 0 Å². The van der Waals surface area contributed by atoms with E-state index in [2.05, 4.69) is 0 Å². The Bertz CT molecular complexity index is 357. The molecule has 0 radical (unpaired) electrons. The molecule has 0 unspecified atom stereocenters. The minimum Gasteiger partial charge on any atom is -0.443 e. The van der Waals surface area contributed by atoms with Gasteiger partial charge in [-0.2, -0.15) is 0 Å². The van der Waals surface area contributed by atoms with Crippen molar-refractivity contribution in [2.75, 3.05) is 18.0 Å². The largest absolute Gasteiger partial charge is 0.443 e. The summed E-state index contributed by atoms with van der Waals surface area (Å²) >= 11 is 0. The topological polar surface area (TPSA) is 55.6 Å². The molecule has 0 aliphatic rings. The summed E-state index contributed by atoms with van der Waals surface area (Å²) in [6.07, 6.45) is -0.367. The van der Waals surface area contributed by atoms with Crippen LogP contribution in [0.4, 0.5) is 10.5 Å². The van der Waals surface area contributed by atoms with Crippen LogP contribution in [0.5, 0.6) is 0 Å². The van der Waals surface area contributed by atoms with Crippen LogP contribution in [0.2, 0.25) is 0 Å². The second kappa shape index (κ2) is 5.68. The molecule has 0 bridgehead atoms. The van der Waals surface area contributed by atoms with Crippen molar-refractivity contribution in [3.63, 3.8) is 0 Å². The van der Waals surface area contributed by atoms with E-state index in [0.29, 0.717) is 13.1 Å². The zero-order valence-electron chi connectivity index (χ0n) is 10.6. The lowest BCUT2D eigenvalue weighted by molar-refractivity contribution is 0.0581. The van der Waals surface area contributed by atoms with E-state index in [-0.39, 0.29) is 6.09 Å². The fraction of sp³-hybridized carbons (Fsp3) is 0.462. The van der Waals surface area contributed by atoms with Crippen LogP contribution in [0.1, 0.15) is 20.8 Å². The lowest BCUT2D eigenvalue weighted by Crippen LogP contribution is -2.39. The molecule has 0 spiro atoms. The molecule has 0 fully saturated rings. The van der Waals surface area contributed by atoms with E-state index in [9.17, 15) is 4.79 Å². The quantitative estimate of drug-likeness (QED) is 0.876. The van der Waals surface area contributed by atoms with Gasteiger partial charge in [0.2, 0.25) is 0 Å². The highest BCUT2D eigenvalue weighted by Gasteiger charge is 2.22. The van der Waals surface area contributed by atoms with Crippen molar-refractivity contribution in [1.82, 2.24) is 0 Å². The Balaban J connectivity index is 2.83. The molecule has 0 aliphatic carbocycles. The molecule has 0 aliphatic heterocycles. The fourth-order valence-corrected chi connectivity index (χ4v) is 1.38. The van der Waals surface area contributed by atoms with Crippen LogP contribution in [-0.2, 0) is 4.74 Å². The van der Waals surface area contributed by atoms with Crippen molar-refractivity contribution >= 4 is 11.8 Å². The third-order valence-electron chi connectivity index (χ3n) is 2.03. The SMILES string of the molecule is CC(C)(C)OC(=O)N(CCN)c1ccccc1. The highest BCUT2D eigenvalue weighted by atomic mass is 16.6. The highest BCUT2D eigenvalue weighted by molar-refractivity contribution is 5.87. The number of nitrogens with zero attached hydrogens (tertiary/aromatic N) is 1. The number of carbonyl (C=O) groups excluding carboxylic acids is 1. The number of amides is 1. The number of carbonyl (C=O) groups is 1. The van der Waals surface area contributed by atoms with Gasteiger partial charge in [0.15, 0.2) is 0 Å². The minimum atomic E-state index is -0.501. The normalized spacial score (nSPS) is 11.1. The number of para-hydroxylation sites is 1. The second-order valence-corrected chi connectivity index (χ2v) is 4.76. The summed E-state index contributed by atoms with van der Waals surface area (Å²) in [6, 6.07) is 9.38. The lowest BCUT2D eigenvalue weighted by Gasteiger charge is -2.27. The maximum atomic E-state index is 12.0. The van der Waals surface area contributed by atoms with Crippen LogP contribution in [0.3, 0.4) is 0 Å². The van der Waals surface area contributed by atoms with Crippen LogP contribution in [0, 0.1) is 0 Å².